The molecule has 0 aromatic heterocycles. The Kier molecular flexibility index (Phi) is 4.18. The van der Waals surface area contributed by atoms with Crippen LogP contribution in [-0.4, -0.2) is 54.4 Å². The van der Waals surface area contributed by atoms with Crippen LogP contribution in [0.1, 0.15) is 23.2 Å². The molecule has 0 aliphatic carbocycles. The number of carbonyl (C=O) groups excluding carboxylic acids is 1. The Hall–Kier alpha value is -2.37. The second-order valence-electron chi connectivity index (χ2n) is 8.21. The molecule has 4 atom stereocenters. The van der Waals surface area contributed by atoms with Crippen molar-refractivity contribution in [2.45, 2.75) is 24.5 Å². The summed E-state index contributed by atoms with van der Waals surface area (Å²) in [4.78, 5) is 15.2. The van der Waals surface area contributed by atoms with Crippen LogP contribution in [0.5, 0.6) is 5.75 Å². The molecule has 2 aromatic rings. The minimum absolute atomic E-state index is 0.0391. The first kappa shape index (κ1) is 17.7. The Morgan fingerprint density at radius 2 is 2.04 bits per heavy atom. The summed E-state index contributed by atoms with van der Waals surface area (Å²) in [6, 6.07) is 15.6. The highest BCUT2D eigenvalue weighted by molar-refractivity contribution is 5.95. The highest BCUT2D eigenvalue weighted by Gasteiger charge is 2.63. The van der Waals surface area contributed by atoms with Crippen molar-refractivity contribution >= 4 is 5.91 Å². The Labute approximate surface area is 164 Å². The van der Waals surface area contributed by atoms with E-state index in [0.717, 1.165) is 29.7 Å². The van der Waals surface area contributed by atoms with E-state index >= 15 is 0 Å². The highest BCUT2D eigenvalue weighted by atomic mass is 16.5. The first-order valence-corrected chi connectivity index (χ1v) is 9.96. The normalized spacial score (nSPS) is 30.5. The van der Waals surface area contributed by atoms with E-state index in [-0.39, 0.29) is 36.1 Å². The van der Waals surface area contributed by atoms with Gasteiger partial charge in [0.25, 0.3) is 5.91 Å². The minimum atomic E-state index is -0.238. The third kappa shape index (κ3) is 2.65. The standard InChI is InChI=1S/C23H25NO4/c1-27-18-7-3-5-16(11-18)15-4-2-6-17(10-15)22(26)24-12-20-19(13-25)21-8-9-23(20,14-24)28-21/h2-7,10-11,19-21,25H,8-9,12-14H2,1H3/t19-,20+,21+,23+/m0/s1. The van der Waals surface area contributed by atoms with Crippen LogP contribution in [-0.2, 0) is 4.74 Å². The summed E-state index contributed by atoms with van der Waals surface area (Å²) in [7, 11) is 1.65. The molecule has 3 fully saturated rings. The Morgan fingerprint density at radius 1 is 1.25 bits per heavy atom. The van der Waals surface area contributed by atoms with Gasteiger partial charge in [0, 0.05) is 30.6 Å². The fourth-order valence-corrected chi connectivity index (χ4v) is 5.41. The molecule has 3 saturated heterocycles. The number of fused-ring (bicyclic) bond motifs is 1. The van der Waals surface area contributed by atoms with Gasteiger partial charge in [-0.05, 0) is 48.2 Å². The summed E-state index contributed by atoms with van der Waals surface area (Å²) in [6.45, 7) is 1.45. The number of rotatable bonds is 4. The average molecular weight is 379 g/mol. The molecule has 2 bridgehead atoms. The van der Waals surface area contributed by atoms with E-state index in [1.54, 1.807) is 7.11 Å². The van der Waals surface area contributed by atoms with Gasteiger partial charge in [0.15, 0.2) is 0 Å². The lowest BCUT2D eigenvalue weighted by Gasteiger charge is -2.27. The fraction of sp³-hybridized carbons (Fsp3) is 0.435. The molecule has 0 saturated carbocycles. The van der Waals surface area contributed by atoms with Gasteiger partial charge in [0.05, 0.1) is 25.4 Å². The van der Waals surface area contributed by atoms with Crippen molar-refractivity contribution in [3.8, 4) is 16.9 Å². The number of likely N-dealkylation sites (tertiary alicyclic amines) is 1. The molecule has 0 radical (unpaired) electrons. The number of ether oxygens (including phenoxy) is 2. The molecule has 0 unspecified atom stereocenters. The zero-order valence-corrected chi connectivity index (χ0v) is 16.0. The molecule has 5 heteroatoms. The maximum atomic E-state index is 13.2. The van der Waals surface area contributed by atoms with E-state index < -0.39 is 0 Å². The van der Waals surface area contributed by atoms with Gasteiger partial charge in [0.2, 0.25) is 0 Å². The van der Waals surface area contributed by atoms with Gasteiger partial charge in [-0.1, -0.05) is 24.3 Å². The molecule has 3 aliphatic heterocycles. The third-order valence-corrected chi connectivity index (χ3v) is 6.79. The quantitative estimate of drug-likeness (QED) is 0.887. The molecule has 1 N–H and O–H groups in total. The largest absolute Gasteiger partial charge is 0.497 e. The number of carbonyl (C=O) groups is 1. The number of hydrogen-bond acceptors (Lipinski definition) is 4. The number of amides is 1. The lowest BCUT2D eigenvalue weighted by atomic mass is 9.74. The van der Waals surface area contributed by atoms with Gasteiger partial charge < -0.3 is 19.5 Å². The molecule has 5 rings (SSSR count). The second-order valence-corrected chi connectivity index (χ2v) is 8.21. The van der Waals surface area contributed by atoms with Crippen LogP contribution in [0.2, 0.25) is 0 Å². The molecule has 1 spiro atoms. The van der Waals surface area contributed by atoms with Gasteiger partial charge in [-0.15, -0.1) is 0 Å². The first-order valence-electron chi connectivity index (χ1n) is 9.96. The Balaban J connectivity index is 1.39. The van der Waals surface area contributed by atoms with Crippen molar-refractivity contribution in [2.24, 2.45) is 11.8 Å². The van der Waals surface area contributed by atoms with Gasteiger partial charge in [0.1, 0.15) is 5.75 Å². The fourth-order valence-electron chi connectivity index (χ4n) is 5.41. The van der Waals surface area contributed by atoms with Crippen LogP contribution < -0.4 is 4.74 Å². The lowest BCUT2D eigenvalue weighted by molar-refractivity contribution is 0.00154. The van der Waals surface area contributed by atoms with Gasteiger partial charge in [-0.2, -0.15) is 0 Å². The zero-order chi connectivity index (χ0) is 19.3. The highest BCUT2D eigenvalue weighted by Crippen LogP contribution is 2.54. The number of aliphatic hydroxyl groups is 1. The average Bonchev–Trinajstić information content (AvgIpc) is 3.41. The minimum Gasteiger partial charge on any atom is -0.497 e. The van der Waals surface area contributed by atoms with Crippen LogP contribution in [0.25, 0.3) is 11.1 Å². The lowest BCUT2D eigenvalue weighted by Crippen LogP contribution is -2.38. The zero-order valence-electron chi connectivity index (χ0n) is 16.0. The van der Waals surface area contributed by atoms with Gasteiger partial charge >= 0.3 is 0 Å². The SMILES string of the molecule is COc1cccc(-c2cccc(C(=O)N3C[C@@H]4[C@H](CO)[C@H]5CC[C@]4(C3)O5)c2)c1. The molecule has 2 aromatic carbocycles. The van der Waals surface area contributed by atoms with Crippen LogP contribution in [0.15, 0.2) is 48.5 Å². The van der Waals surface area contributed by atoms with Crippen molar-refractivity contribution in [3.63, 3.8) is 0 Å². The Bertz CT molecular complexity index is 913. The predicted octanol–water partition coefficient (Wildman–Crippen LogP) is 2.97. The number of nitrogens with zero attached hydrogens (tertiary/aromatic N) is 1. The van der Waals surface area contributed by atoms with E-state index in [4.69, 9.17) is 9.47 Å². The van der Waals surface area contributed by atoms with Crippen molar-refractivity contribution < 1.29 is 19.4 Å². The first-order chi connectivity index (χ1) is 13.6. The van der Waals surface area contributed by atoms with E-state index in [1.165, 1.54) is 0 Å². The van der Waals surface area contributed by atoms with Crippen LogP contribution in [0.4, 0.5) is 0 Å². The summed E-state index contributed by atoms with van der Waals surface area (Å²) in [5.74, 6) is 1.25. The van der Waals surface area contributed by atoms with Gasteiger partial charge in [-0.25, -0.2) is 0 Å². The van der Waals surface area contributed by atoms with Gasteiger partial charge in [-0.3, -0.25) is 4.79 Å². The second kappa shape index (κ2) is 6.61. The third-order valence-electron chi connectivity index (χ3n) is 6.79. The number of benzene rings is 2. The molecular formula is C23H25NO4. The van der Waals surface area contributed by atoms with E-state index in [9.17, 15) is 9.90 Å². The molecule has 146 valence electrons. The number of methoxy groups -OCH3 is 1. The van der Waals surface area contributed by atoms with Crippen molar-refractivity contribution in [3.05, 3.63) is 54.1 Å². The van der Waals surface area contributed by atoms with E-state index in [0.29, 0.717) is 18.7 Å². The number of aliphatic hydroxyl groups excluding tert-OH is 1. The predicted molar refractivity (Wildman–Crippen MR) is 105 cm³/mol. The van der Waals surface area contributed by atoms with Crippen LogP contribution in [0, 0.1) is 11.8 Å². The Morgan fingerprint density at radius 3 is 2.82 bits per heavy atom. The maximum absolute atomic E-state index is 13.2. The summed E-state index contributed by atoms with van der Waals surface area (Å²) in [5, 5.41) is 9.79. The summed E-state index contributed by atoms with van der Waals surface area (Å²) < 4.78 is 11.6. The van der Waals surface area contributed by atoms with Crippen molar-refractivity contribution in [2.75, 3.05) is 26.8 Å². The molecule has 5 nitrogen and oxygen atoms in total. The van der Waals surface area contributed by atoms with Crippen molar-refractivity contribution in [1.82, 2.24) is 4.90 Å². The molecule has 1 amide bonds. The smallest absolute Gasteiger partial charge is 0.253 e. The molecule has 3 aliphatic rings. The monoisotopic (exact) mass is 379 g/mol. The molecule has 3 heterocycles. The summed E-state index contributed by atoms with van der Waals surface area (Å²) in [5.41, 5.74) is 2.46. The van der Waals surface area contributed by atoms with Crippen LogP contribution in [0.3, 0.4) is 0 Å². The van der Waals surface area contributed by atoms with Crippen molar-refractivity contribution in [1.29, 1.82) is 0 Å². The maximum Gasteiger partial charge on any atom is 0.253 e. The summed E-state index contributed by atoms with van der Waals surface area (Å²) >= 11 is 0. The van der Waals surface area contributed by atoms with E-state index in [2.05, 4.69) is 0 Å². The topological polar surface area (TPSA) is 59.0 Å². The van der Waals surface area contributed by atoms with Crippen LogP contribution >= 0.6 is 0 Å². The molecule has 28 heavy (non-hydrogen) atoms. The summed E-state index contributed by atoms with van der Waals surface area (Å²) in [6.07, 6.45) is 2.16. The van der Waals surface area contributed by atoms with E-state index in [1.807, 2.05) is 53.4 Å². The molecular weight excluding hydrogens is 354 g/mol. The number of hydrogen-bond donors (Lipinski definition) is 1.